The zero-order valence-electron chi connectivity index (χ0n) is 8.94. The van der Waals surface area contributed by atoms with Gasteiger partial charge in [-0.25, -0.2) is 0 Å². The molecule has 15 heavy (non-hydrogen) atoms. The third-order valence-electron chi connectivity index (χ3n) is 3.10. The van der Waals surface area contributed by atoms with Gasteiger partial charge >= 0.3 is 0 Å². The lowest BCUT2D eigenvalue weighted by Gasteiger charge is -2.04. The molecular weight excluding hydrogens is 294 g/mol. The molecule has 1 nitrogen and oxygen atoms in total. The molecule has 2 rings (SSSR count). The van der Waals surface area contributed by atoms with Gasteiger partial charge in [-0.2, -0.15) is 0 Å². The second kappa shape index (κ2) is 4.36. The van der Waals surface area contributed by atoms with E-state index in [1.54, 1.807) is 11.3 Å². The van der Waals surface area contributed by atoms with Gasteiger partial charge in [0.1, 0.15) is 4.34 Å². The van der Waals surface area contributed by atoms with Gasteiger partial charge in [0, 0.05) is 15.9 Å². The second-order valence-electron chi connectivity index (χ2n) is 4.85. The summed E-state index contributed by atoms with van der Waals surface area (Å²) in [7, 11) is 0. The summed E-state index contributed by atoms with van der Waals surface area (Å²) in [5.74, 6) is 0.858. The van der Waals surface area contributed by atoms with Gasteiger partial charge in [-0.15, -0.1) is 11.3 Å². The van der Waals surface area contributed by atoms with Crippen molar-refractivity contribution in [3.8, 4) is 0 Å². The predicted octanol–water partition coefficient (Wildman–Crippen LogP) is 4.30. The summed E-state index contributed by atoms with van der Waals surface area (Å²) in [6.07, 6.45) is 1.36. The molecule has 1 unspecified atom stereocenters. The number of nitrogens with one attached hydrogen (secondary N) is 1. The molecule has 1 heterocycles. The normalized spacial score (nSPS) is 23.1. The average molecular weight is 309 g/mol. The van der Waals surface area contributed by atoms with E-state index in [2.05, 4.69) is 41.2 Å². The van der Waals surface area contributed by atoms with Crippen LogP contribution in [0.5, 0.6) is 0 Å². The van der Waals surface area contributed by atoms with Crippen LogP contribution in [0.2, 0.25) is 4.34 Å². The maximum absolute atomic E-state index is 5.97. The maximum atomic E-state index is 5.97. The van der Waals surface area contributed by atoms with Crippen LogP contribution in [0.15, 0.2) is 10.5 Å². The zero-order valence-corrected chi connectivity index (χ0v) is 12.1. The van der Waals surface area contributed by atoms with Crippen molar-refractivity contribution < 1.29 is 0 Å². The van der Waals surface area contributed by atoms with Gasteiger partial charge in [-0.3, -0.25) is 0 Å². The maximum Gasteiger partial charge on any atom is 0.107 e. The van der Waals surface area contributed by atoms with Gasteiger partial charge in [-0.1, -0.05) is 25.4 Å². The van der Waals surface area contributed by atoms with Gasteiger partial charge < -0.3 is 5.32 Å². The zero-order chi connectivity index (χ0) is 11.1. The molecule has 1 aromatic rings. The monoisotopic (exact) mass is 307 g/mol. The van der Waals surface area contributed by atoms with Crippen LogP contribution in [-0.4, -0.2) is 6.54 Å². The Labute approximate surface area is 108 Å². The van der Waals surface area contributed by atoms with Crippen molar-refractivity contribution in [2.45, 2.75) is 26.8 Å². The Morgan fingerprint density at radius 2 is 2.33 bits per heavy atom. The molecule has 4 heteroatoms. The summed E-state index contributed by atoms with van der Waals surface area (Å²) < 4.78 is 1.86. The summed E-state index contributed by atoms with van der Waals surface area (Å²) in [4.78, 5) is 1.30. The predicted molar refractivity (Wildman–Crippen MR) is 70.6 cm³/mol. The van der Waals surface area contributed by atoms with E-state index in [1.165, 1.54) is 11.3 Å². The molecule has 0 spiro atoms. The molecule has 0 aromatic carbocycles. The summed E-state index contributed by atoms with van der Waals surface area (Å²) >= 11 is 11.0. The SMILES string of the molecule is CC1(C)CC1CNCc1cc(Br)c(Cl)s1. The third-order valence-corrected chi connectivity index (χ3v) is 5.58. The highest BCUT2D eigenvalue weighted by molar-refractivity contribution is 9.10. The highest BCUT2D eigenvalue weighted by atomic mass is 79.9. The minimum atomic E-state index is 0.570. The van der Waals surface area contributed by atoms with Crippen LogP contribution >= 0.6 is 38.9 Å². The Morgan fingerprint density at radius 1 is 1.67 bits per heavy atom. The minimum Gasteiger partial charge on any atom is -0.312 e. The molecular formula is C11H15BrClNS. The molecule has 1 atom stereocenters. The first-order valence-electron chi connectivity index (χ1n) is 5.13. The van der Waals surface area contributed by atoms with E-state index >= 15 is 0 Å². The second-order valence-corrected chi connectivity index (χ2v) is 7.45. The standard InChI is InChI=1S/C11H15BrClNS/c1-11(2)4-7(11)5-14-6-8-3-9(12)10(13)15-8/h3,7,14H,4-6H2,1-2H3. The molecule has 0 bridgehead atoms. The molecule has 0 aliphatic heterocycles. The van der Waals surface area contributed by atoms with Crippen molar-refractivity contribution >= 4 is 38.9 Å². The first-order chi connectivity index (χ1) is 6.99. The Morgan fingerprint density at radius 3 is 2.80 bits per heavy atom. The van der Waals surface area contributed by atoms with Crippen LogP contribution in [0, 0.1) is 11.3 Å². The minimum absolute atomic E-state index is 0.570. The van der Waals surface area contributed by atoms with Crippen molar-refractivity contribution in [3.63, 3.8) is 0 Å². The van der Waals surface area contributed by atoms with Crippen LogP contribution < -0.4 is 5.32 Å². The number of hydrogen-bond donors (Lipinski definition) is 1. The fourth-order valence-corrected chi connectivity index (χ4v) is 3.53. The van der Waals surface area contributed by atoms with Crippen molar-refractivity contribution in [1.82, 2.24) is 5.32 Å². The molecule has 0 amide bonds. The van der Waals surface area contributed by atoms with Gasteiger partial charge in [0.15, 0.2) is 0 Å². The first kappa shape index (κ1) is 11.9. The average Bonchev–Trinajstić information content (AvgIpc) is 2.59. The van der Waals surface area contributed by atoms with Crippen molar-refractivity contribution in [3.05, 3.63) is 19.8 Å². The number of thiophene rings is 1. The van der Waals surface area contributed by atoms with Crippen LogP contribution in [0.1, 0.15) is 25.1 Å². The fraction of sp³-hybridized carbons (Fsp3) is 0.636. The van der Waals surface area contributed by atoms with E-state index in [-0.39, 0.29) is 0 Å². The smallest absolute Gasteiger partial charge is 0.107 e. The summed E-state index contributed by atoms with van der Waals surface area (Å²) in [5.41, 5.74) is 0.570. The summed E-state index contributed by atoms with van der Waals surface area (Å²) in [6, 6.07) is 2.10. The van der Waals surface area contributed by atoms with Gasteiger partial charge in [0.25, 0.3) is 0 Å². The van der Waals surface area contributed by atoms with Gasteiger partial charge in [-0.05, 0) is 46.3 Å². The van der Waals surface area contributed by atoms with Gasteiger partial charge in [0.2, 0.25) is 0 Å². The van der Waals surface area contributed by atoms with Gasteiger partial charge in [0.05, 0.1) is 0 Å². The van der Waals surface area contributed by atoms with Crippen LogP contribution in [0.3, 0.4) is 0 Å². The Balaban J connectivity index is 1.75. The fourth-order valence-electron chi connectivity index (χ4n) is 1.77. The molecule has 1 saturated carbocycles. The van der Waals surface area contributed by atoms with E-state index < -0.39 is 0 Å². The number of halogens is 2. The molecule has 0 saturated heterocycles. The van der Waals surface area contributed by atoms with E-state index in [0.29, 0.717) is 5.41 Å². The first-order valence-corrected chi connectivity index (χ1v) is 7.12. The molecule has 1 aromatic heterocycles. The van der Waals surface area contributed by atoms with Crippen LogP contribution in [0.4, 0.5) is 0 Å². The van der Waals surface area contributed by atoms with Crippen molar-refractivity contribution in [2.75, 3.05) is 6.54 Å². The lowest BCUT2D eigenvalue weighted by atomic mass is 10.1. The third kappa shape index (κ3) is 2.96. The summed E-state index contributed by atoms with van der Waals surface area (Å²) in [5, 5.41) is 3.49. The topological polar surface area (TPSA) is 12.0 Å². The molecule has 1 N–H and O–H groups in total. The summed E-state index contributed by atoms with van der Waals surface area (Å²) in [6.45, 7) is 6.72. The van der Waals surface area contributed by atoms with Crippen LogP contribution in [-0.2, 0) is 6.54 Å². The largest absolute Gasteiger partial charge is 0.312 e. The van der Waals surface area contributed by atoms with Crippen LogP contribution in [0.25, 0.3) is 0 Å². The lowest BCUT2D eigenvalue weighted by Crippen LogP contribution is -2.17. The van der Waals surface area contributed by atoms with E-state index in [4.69, 9.17) is 11.6 Å². The Bertz CT molecular complexity index is 342. The van der Waals surface area contributed by atoms with E-state index in [0.717, 1.165) is 27.8 Å². The van der Waals surface area contributed by atoms with E-state index in [9.17, 15) is 0 Å². The number of hydrogen-bond acceptors (Lipinski definition) is 2. The molecule has 1 aliphatic carbocycles. The molecule has 1 fully saturated rings. The number of rotatable bonds is 4. The highest BCUT2D eigenvalue weighted by Crippen LogP contribution is 2.51. The highest BCUT2D eigenvalue weighted by Gasteiger charge is 2.44. The Hall–Kier alpha value is 0.430. The van der Waals surface area contributed by atoms with E-state index in [1.807, 2.05) is 0 Å². The lowest BCUT2D eigenvalue weighted by molar-refractivity contribution is 0.521. The molecule has 1 aliphatic rings. The quantitative estimate of drug-likeness (QED) is 0.874. The molecule has 84 valence electrons. The Kier molecular flexibility index (Phi) is 3.46. The van der Waals surface area contributed by atoms with Crippen molar-refractivity contribution in [2.24, 2.45) is 11.3 Å². The molecule has 0 radical (unpaired) electrons. The van der Waals surface area contributed by atoms with Crippen molar-refractivity contribution in [1.29, 1.82) is 0 Å².